The maximum Gasteiger partial charge on any atom is 0.265 e. The van der Waals surface area contributed by atoms with Gasteiger partial charge in [0.25, 0.3) is 6.43 Å². The van der Waals surface area contributed by atoms with Crippen LogP contribution < -0.4 is 5.32 Å². The molecule has 1 saturated heterocycles. The summed E-state index contributed by atoms with van der Waals surface area (Å²) in [6.45, 7) is 0.0253. The predicted octanol–water partition coefficient (Wildman–Crippen LogP) is 0.0490. The van der Waals surface area contributed by atoms with Crippen molar-refractivity contribution in [1.29, 1.82) is 5.26 Å². The molecule has 17 heavy (non-hydrogen) atoms. The maximum absolute atomic E-state index is 12.0. The summed E-state index contributed by atoms with van der Waals surface area (Å²) in [7, 11) is 0. The van der Waals surface area contributed by atoms with E-state index < -0.39 is 30.4 Å². The molecule has 0 bridgehead atoms. The third kappa shape index (κ3) is 3.35. The van der Waals surface area contributed by atoms with Crippen LogP contribution in [0.25, 0.3) is 0 Å². The number of nitrogens with zero attached hydrogens (tertiary/aromatic N) is 1. The third-order valence-electron chi connectivity index (χ3n) is 2.76. The van der Waals surface area contributed by atoms with E-state index in [2.05, 4.69) is 5.32 Å². The van der Waals surface area contributed by atoms with Crippen LogP contribution in [0.1, 0.15) is 12.8 Å². The summed E-state index contributed by atoms with van der Waals surface area (Å²) in [5.74, 6) is -0.622. The van der Waals surface area contributed by atoms with E-state index in [0.29, 0.717) is 13.2 Å². The van der Waals surface area contributed by atoms with Crippen LogP contribution in [-0.4, -0.2) is 43.3 Å². The second kappa shape index (κ2) is 5.89. The molecule has 2 N–H and O–H groups in total. The average Bonchev–Trinajstić information content (AvgIpc) is 2.36. The van der Waals surface area contributed by atoms with Gasteiger partial charge in [-0.1, -0.05) is 0 Å². The van der Waals surface area contributed by atoms with Crippen LogP contribution in [0, 0.1) is 16.7 Å². The fraction of sp³-hybridized carbons (Fsp3) is 0.800. The number of nitriles is 1. The van der Waals surface area contributed by atoms with E-state index in [1.165, 1.54) is 0 Å². The number of ether oxygens (including phenoxy) is 1. The first-order chi connectivity index (χ1) is 8.02. The first-order valence-corrected chi connectivity index (χ1v) is 5.25. The lowest BCUT2D eigenvalue weighted by atomic mass is 9.81. The van der Waals surface area contributed by atoms with Gasteiger partial charge < -0.3 is 15.2 Å². The topological polar surface area (TPSA) is 82.4 Å². The lowest BCUT2D eigenvalue weighted by molar-refractivity contribution is -0.133. The van der Waals surface area contributed by atoms with Crippen LogP contribution in [0.3, 0.4) is 0 Å². The Bertz CT molecular complexity index is 311. The zero-order chi connectivity index (χ0) is 12.9. The Kier molecular flexibility index (Phi) is 4.78. The molecule has 5 nitrogen and oxygen atoms in total. The quantitative estimate of drug-likeness (QED) is 0.736. The van der Waals surface area contributed by atoms with Gasteiger partial charge in [0, 0.05) is 19.8 Å². The molecule has 1 atom stereocenters. The fourth-order valence-electron chi connectivity index (χ4n) is 1.57. The van der Waals surface area contributed by atoms with Crippen LogP contribution >= 0.6 is 0 Å². The SMILES string of the molecule is N#CC1(C(=O)NCC(O)C(F)F)CCOCC1. The zero-order valence-electron chi connectivity index (χ0n) is 9.16. The number of hydrogen-bond donors (Lipinski definition) is 2. The second-order valence-electron chi connectivity index (χ2n) is 3.92. The molecule has 0 saturated carbocycles. The minimum Gasteiger partial charge on any atom is -0.385 e. The van der Waals surface area contributed by atoms with Crippen molar-refractivity contribution in [2.75, 3.05) is 19.8 Å². The minimum atomic E-state index is -2.91. The smallest absolute Gasteiger partial charge is 0.265 e. The van der Waals surface area contributed by atoms with Gasteiger partial charge in [0.1, 0.15) is 11.5 Å². The Morgan fingerprint density at radius 3 is 2.59 bits per heavy atom. The van der Waals surface area contributed by atoms with Crippen molar-refractivity contribution < 1.29 is 23.4 Å². The number of aliphatic hydroxyl groups excluding tert-OH is 1. The highest BCUT2D eigenvalue weighted by atomic mass is 19.3. The van der Waals surface area contributed by atoms with Gasteiger partial charge in [0.2, 0.25) is 5.91 Å². The summed E-state index contributed by atoms with van der Waals surface area (Å²) in [4.78, 5) is 11.7. The highest BCUT2D eigenvalue weighted by Crippen LogP contribution is 2.29. The molecule has 1 rings (SSSR count). The van der Waals surface area contributed by atoms with Gasteiger partial charge in [0.15, 0.2) is 0 Å². The standard InChI is InChI=1S/C10H14F2N2O3/c11-8(12)7(15)5-14-9(16)10(6-13)1-3-17-4-2-10/h7-8,15H,1-5H2,(H,14,16). The summed E-state index contributed by atoms with van der Waals surface area (Å²) in [6, 6.07) is 1.91. The third-order valence-corrected chi connectivity index (χ3v) is 2.76. The monoisotopic (exact) mass is 248 g/mol. The number of halogens is 2. The molecule has 96 valence electrons. The van der Waals surface area contributed by atoms with E-state index in [1.54, 1.807) is 0 Å². The molecule has 0 spiro atoms. The van der Waals surface area contributed by atoms with Crippen LogP contribution in [0.15, 0.2) is 0 Å². The molecule has 0 aliphatic carbocycles. The Hall–Kier alpha value is -1.26. The number of hydrogen-bond acceptors (Lipinski definition) is 4. The number of carbonyl (C=O) groups is 1. The van der Waals surface area contributed by atoms with Crippen LogP contribution in [0.4, 0.5) is 8.78 Å². The molecule has 0 aromatic carbocycles. The first kappa shape index (κ1) is 13.8. The highest BCUT2D eigenvalue weighted by molar-refractivity contribution is 5.85. The number of aliphatic hydroxyl groups is 1. The normalized spacial score (nSPS) is 20.6. The van der Waals surface area contributed by atoms with Crippen LogP contribution in [-0.2, 0) is 9.53 Å². The van der Waals surface area contributed by atoms with Crippen LogP contribution in [0.2, 0.25) is 0 Å². The minimum absolute atomic E-state index is 0.236. The van der Waals surface area contributed by atoms with E-state index >= 15 is 0 Å². The Balaban J connectivity index is 2.53. The van der Waals surface area contributed by atoms with Gasteiger partial charge in [-0.2, -0.15) is 5.26 Å². The Morgan fingerprint density at radius 1 is 1.53 bits per heavy atom. The number of alkyl halides is 2. The van der Waals surface area contributed by atoms with E-state index in [-0.39, 0.29) is 12.8 Å². The Morgan fingerprint density at radius 2 is 2.12 bits per heavy atom. The number of rotatable bonds is 4. The van der Waals surface area contributed by atoms with Crippen molar-refractivity contribution in [3.63, 3.8) is 0 Å². The van der Waals surface area contributed by atoms with Gasteiger partial charge in [-0.3, -0.25) is 4.79 Å². The van der Waals surface area contributed by atoms with Crippen molar-refractivity contribution in [1.82, 2.24) is 5.32 Å². The number of nitrogens with one attached hydrogen (secondary N) is 1. The molecule has 1 heterocycles. The molecular weight excluding hydrogens is 234 g/mol. The molecule has 1 unspecified atom stereocenters. The summed E-state index contributed by atoms with van der Waals surface area (Å²) < 4.78 is 29.1. The molecule has 0 radical (unpaired) electrons. The highest BCUT2D eigenvalue weighted by Gasteiger charge is 2.40. The van der Waals surface area contributed by atoms with E-state index in [1.807, 2.05) is 6.07 Å². The largest absolute Gasteiger partial charge is 0.385 e. The summed E-state index contributed by atoms with van der Waals surface area (Å²) in [5, 5.41) is 20.0. The first-order valence-electron chi connectivity index (χ1n) is 5.25. The number of amides is 1. The lowest BCUT2D eigenvalue weighted by Crippen LogP contribution is -2.46. The fourth-order valence-corrected chi connectivity index (χ4v) is 1.57. The molecular formula is C10H14F2N2O3. The predicted molar refractivity (Wildman–Crippen MR) is 53.1 cm³/mol. The molecule has 1 aliphatic rings. The van der Waals surface area contributed by atoms with Crippen molar-refractivity contribution in [3.05, 3.63) is 0 Å². The van der Waals surface area contributed by atoms with Gasteiger partial charge in [-0.25, -0.2) is 8.78 Å². The van der Waals surface area contributed by atoms with E-state index in [0.717, 1.165) is 0 Å². The molecule has 0 aromatic heterocycles. The Labute approximate surface area is 97.4 Å². The van der Waals surface area contributed by atoms with Crippen LogP contribution in [0.5, 0.6) is 0 Å². The molecule has 0 aromatic rings. The van der Waals surface area contributed by atoms with Crippen molar-refractivity contribution in [2.24, 2.45) is 5.41 Å². The molecule has 1 aliphatic heterocycles. The van der Waals surface area contributed by atoms with E-state index in [9.17, 15) is 13.6 Å². The van der Waals surface area contributed by atoms with Crippen molar-refractivity contribution in [3.8, 4) is 6.07 Å². The molecule has 1 fully saturated rings. The lowest BCUT2D eigenvalue weighted by Gasteiger charge is -2.29. The van der Waals surface area contributed by atoms with Crippen molar-refractivity contribution >= 4 is 5.91 Å². The second-order valence-corrected chi connectivity index (χ2v) is 3.92. The van der Waals surface area contributed by atoms with Crippen molar-refractivity contribution in [2.45, 2.75) is 25.4 Å². The van der Waals surface area contributed by atoms with Gasteiger partial charge in [-0.05, 0) is 12.8 Å². The summed E-state index contributed by atoms with van der Waals surface area (Å²) >= 11 is 0. The summed E-state index contributed by atoms with van der Waals surface area (Å²) in [6.07, 6.45) is -4.35. The maximum atomic E-state index is 12.0. The van der Waals surface area contributed by atoms with Gasteiger partial charge in [-0.15, -0.1) is 0 Å². The van der Waals surface area contributed by atoms with E-state index in [4.69, 9.17) is 15.1 Å². The summed E-state index contributed by atoms with van der Waals surface area (Å²) in [5.41, 5.74) is -1.22. The number of carbonyl (C=O) groups excluding carboxylic acids is 1. The molecule has 1 amide bonds. The average molecular weight is 248 g/mol. The van der Waals surface area contributed by atoms with Gasteiger partial charge in [0.05, 0.1) is 6.07 Å². The molecule has 7 heteroatoms. The van der Waals surface area contributed by atoms with Gasteiger partial charge >= 0.3 is 0 Å². The zero-order valence-corrected chi connectivity index (χ0v) is 9.16.